The Bertz CT molecular complexity index is 845. The van der Waals surface area contributed by atoms with Crippen LogP contribution in [0.5, 0.6) is 0 Å². The van der Waals surface area contributed by atoms with Gasteiger partial charge in [0.1, 0.15) is 6.17 Å². The Balaban J connectivity index is 2.28. The van der Waals surface area contributed by atoms with E-state index in [0.717, 1.165) is 11.1 Å². The summed E-state index contributed by atoms with van der Waals surface area (Å²) < 4.78 is 0. The summed E-state index contributed by atoms with van der Waals surface area (Å²) in [5.74, 6) is -0.0638. The lowest BCUT2D eigenvalue weighted by molar-refractivity contribution is -0.133. The van der Waals surface area contributed by atoms with Gasteiger partial charge in [0.25, 0.3) is 5.91 Å². The quantitative estimate of drug-likeness (QED) is 0.886. The van der Waals surface area contributed by atoms with E-state index < -0.39 is 5.54 Å². The molecule has 1 N–H and O–H groups in total. The number of amides is 3. The van der Waals surface area contributed by atoms with Crippen LogP contribution in [0.1, 0.15) is 31.9 Å². The molecule has 0 radical (unpaired) electrons. The van der Waals surface area contributed by atoms with Gasteiger partial charge in [0.15, 0.2) is 5.54 Å². The second-order valence-corrected chi connectivity index (χ2v) is 8.47. The van der Waals surface area contributed by atoms with Crippen molar-refractivity contribution in [3.63, 3.8) is 0 Å². The van der Waals surface area contributed by atoms with Gasteiger partial charge in [-0.15, -0.1) is 0 Å². The zero-order valence-corrected chi connectivity index (χ0v) is 17.3. The standard InChI is InChI=1S/C23H29N3O2/c1-22(2,3)19-25(5)20(27)23(26(19)21(28)24-4,18-14-10-7-11-15-18)16-17-12-8-6-9-13-17/h6-15,19H,16H2,1-5H3,(H,24,28)/t19-,23-/m1/s1. The number of nitrogens with one attached hydrogen (secondary N) is 1. The average Bonchev–Trinajstić information content (AvgIpc) is 2.91. The highest BCUT2D eigenvalue weighted by Crippen LogP contribution is 2.46. The van der Waals surface area contributed by atoms with E-state index in [1.54, 1.807) is 23.9 Å². The van der Waals surface area contributed by atoms with E-state index in [0.29, 0.717) is 6.42 Å². The van der Waals surface area contributed by atoms with Crippen molar-refractivity contribution in [3.05, 3.63) is 71.8 Å². The molecule has 2 atom stereocenters. The molecule has 0 aromatic heterocycles. The van der Waals surface area contributed by atoms with Crippen molar-refractivity contribution in [1.29, 1.82) is 0 Å². The smallest absolute Gasteiger partial charge is 0.319 e. The molecule has 0 bridgehead atoms. The van der Waals surface area contributed by atoms with Crippen LogP contribution in [-0.4, -0.2) is 42.0 Å². The van der Waals surface area contributed by atoms with Crippen molar-refractivity contribution in [3.8, 4) is 0 Å². The van der Waals surface area contributed by atoms with Gasteiger partial charge in [0.05, 0.1) is 0 Å². The van der Waals surface area contributed by atoms with E-state index in [2.05, 4.69) is 26.1 Å². The first-order valence-electron chi connectivity index (χ1n) is 9.61. The maximum atomic E-state index is 13.8. The van der Waals surface area contributed by atoms with Crippen LogP contribution in [0.4, 0.5) is 4.79 Å². The first kappa shape index (κ1) is 19.9. The summed E-state index contributed by atoms with van der Waals surface area (Å²) in [6, 6.07) is 19.3. The van der Waals surface area contributed by atoms with E-state index in [9.17, 15) is 9.59 Å². The van der Waals surface area contributed by atoms with Crippen molar-refractivity contribution < 1.29 is 9.59 Å². The number of urea groups is 1. The van der Waals surface area contributed by atoms with Gasteiger partial charge < -0.3 is 10.2 Å². The average molecular weight is 380 g/mol. The van der Waals surface area contributed by atoms with Crippen molar-refractivity contribution in [2.24, 2.45) is 5.41 Å². The summed E-state index contributed by atoms with van der Waals surface area (Å²) in [7, 11) is 3.41. The molecular weight excluding hydrogens is 350 g/mol. The minimum Gasteiger partial charge on any atom is -0.341 e. The largest absolute Gasteiger partial charge is 0.341 e. The fourth-order valence-corrected chi connectivity index (χ4v) is 4.39. The van der Waals surface area contributed by atoms with Crippen molar-refractivity contribution >= 4 is 11.9 Å². The van der Waals surface area contributed by atoms with Gasteiger partial charge in [-0.1, -0.05) is 81.4 Å². The zero-order chi connectivity index (χ0) is 20.5. The SMILES string of the molecule is CNC(=O)N1[C@H](C(C)(C)C)N(C)C(=O)[C@@]1(Cc1ccccc1)c1ccccc1. The molecule has 0 unspecified atom stereocenters. The van der Waals surface area contributed by atoms with Gasteiger partial charge in [-0.3, -0.25) is 9.69 Å². The van der Waals surface area contributed by atoms with Crippen LogP contribution in [0.3, 0.4) is 0 Å². The number of rotatable bonds is 3. The lowest BCUT2D eigenvalue weighted by atomic mass is 9.81. The van der Waals surface area contributed by atoms with Crippen LogP contribution in [0, 0.1) is 5.41 Å². The Morgan fingerprint density at radius 2 is 1.57 bits per heavy atom. The van der Waals surface area contributed by atoms with Crippen LogP contribution < -0.4 is 5.32 Å². The molecule has 1 heterocycles. The Labute approximate surface area is 167 Å². The van der Waals surface area contributed by atoms with E-state index in [1.165, 1.54) is 0 Å². The zero-order valence-electron chi connectivity index (χ0n) is 17.3. The van der Waals surface area contributed by atoms with Gasteiger partial charge in [0.2, 0.25) is 0 Å². The summed E-state index contributed by atoms with van der Waals surface area (Å²) in [6.07, 6.45) is 0.0463. The number of hydrogen-bond donors (Lipinski definition) is 1. The maximum Gasteiger partial charge on any atom is 0.319 e. The first-order chi connectivity index (χ1) is 13.2. The molecule has 2 aromatic carbocycles. The monoisotopic (exact) mass is 379 g/mol. The molecule has 1 fully saturated rings. The fourth-order valence-electron chi connectivity index (χ4n) is 4.39. The number of benzene rings is 2. The molecule has 3 amide bonds. The summed E-state index contributed by atoms with van der Waals surface area (Å²) in [5.41, 5.74) is 0.419. The lowest BCUT2D eigenvalue weighted by Gasteiger charge is -2.43. The Kier molecular flexibility index (Phi) is 5.20. The van der Waals surface area contributed by atoms with E-state index in [-0.39, 0.29) is 23.5 Å². The van der Waals surface area contributed by atoms with Crippen LogP contribution >= 0.6 is 0 Å². The molecule has 1 aliphatic rings. The van der Waals surface area contributed by atoms with Crippen LogP contribution in [0.2, 0.25) is 0 Å². The third-order valence-electron chi connectivity index (χ3n) is 5.46. The Hall–Kier alpha value is -2.82. The highest BCUT2D eigenvalue weighted by molar-refractivity contribution is 5.96. The third kappa shape index (κ3) is 3.15. The number of nitrogens with zero attached hydrogens (tertiary/aromatic N) is 2. The molecule has 5 heteroatoms. The second-order valence-electron chi connectivity index (χ2n) is 8.47. The molecule has 28 heavy (non-hydrogen) atoms. The second kappa shape index (κ2) is 7.30. The number of hydrogen-bond acceptors (Lipinski definition) is 2. The number of carbonyl (C=O) groups is 2. The molecule has 2 aromatic rings. The van der Waals surface area contributed by atoms with Gasteiger partial charge in [-0.25, -0.2) is 4.79 Å². The molecule has 0 aliphatic carbocycles. The predicted molar refractivity (Wildman–Crippen MR) is 111 cm³/mol. The van der Waals surface area contributed by atoms with Gasteiger partial charge in [0, 0.05) is 25.9 Å². The normalized spacial score (nSPS) is 22.5. The van der Waals surface area contributed by atoms with E-state index in [4.69, 9.17) is 0 Å². The predicted octanol–water partition coefficient (Wildman–Crippen LogP) is 3.61. The van der Waals surface area contributed by atoms with E-state index >= 15 is 0 Å². The summed E-state index contributed by atoms with van der Waals surface area (Å²) in [4.78, 5) is 30.5. The molecule has 148 valence electrons. The molecule has 5 nitrogen and oxygen atoms in total. The van der Waals surface area contributed by atoms with Crippen LogP contribution in [-0.2, 0) is 16.8 Å². The summed E-state index contributed by atoms with van der Waals surface area (Å²) in [6.45, 7) is 6.17. The molecule has 0 saturated carbocycles. The third-order valence-corrected chi connectivity index (χ3v) is 5.46. The highest BCUT2D eigenvalue weighted by atomic mass is 16.2. The maximum absolute atomic E-state index is 13.8. The van der Waals surface area contributed by atoms with E-state index in [1.807, 2.05) is 60.7 Å². The lowest BCUT2D eigenvalue weighted by Crippen LogP contribution is -2.58. The van der Waals surface area contributed by atoms with Gasteiger partial charge in [-0.2, -0.15) is 0 Å². The van der Waals surface area contributed by atoms with Gasteiger partial charge in [-0.05, 0) is 11.1 Å². The van der Waals surface area contributed by atoms with Crippen molar-refractivity contribution in [2.75, 3.05) is 14.1 Å². The number of likely N-dealkylation sites (N-methyl/N-ethyl adjacent to an activating group) is 1. The molecule has 1 aliphatic heterocycles. The molecule has 0 spiro atoms. The van der Waals surface area contributed by atoms with Gasteiger partial charge >= 0.3 is 6.03 Å². The molecule has 1 saturated heterocycles. The minimum absolute atomic E-state index is 0.0638. The Morgan fingerprint density at radius 3 is 2.07 bits per heavy atom. The highest BCUT2D eigenvalue weighted by Gasteiger charge is 2.61. The topological polar surface area (TPSA) is 52.7 Å². The first-order valence-corrected chi connectivity index (χ1v) is 9.61. The van der Waals surface area contributed by atoms with Crippen LogP contribution in [0.25, 0.3) is 0 Å². The fraction of sp³-hybridized carbons (Fsp3) is 0.391. The molecular formula is C23H29N3O2. The number of carbonyl (C=O) groups excluding carboxylic acids is 2. The summed E-state index contributed by atoms with van der Waals surface area (Å²) in [5, 5.41) is 2.77. The minimum atomic E-state index is -1.10. The van der Waals surface area contributed by atoms with Crippen molar-refractivity contribution in [1.82, 2.24) is 15.1 Å². The summed E-state index contributed by atoms with van der Waals surface area (Å²) >= 11 is 0. The van der Waals surface area contributed by atoms with Crippen molar-refractivity contribution in [2.45, 2.75) is 38.9 Å². The molecule has 3 rings (SSSR count). The Morgan fingerprint density at radius 1 is 1.04 bits per heavy atom. The van der Waals surface area contributed by atoms with Crippen LogP contribution in [0.15, 0.2) is 60.7 Å².